The second-order valence-electron chi connectivity index (χ2n) is 5.97. The summed E-state index contributed by atoms with van der Waals surface area (Å²) in [6.07, 6.45) is 0. The Balaban J connectivity index is 1.62. The third kappa shape index (κ3) is 4.27. The third-order valence-electron chi connectivity index (χ3n) is 4.12. The molecule has 0 radical (unpaired) electrons. The van der Waals surface area contributed by atoms with Crippen molar-refractivity contribution in [2.24, 2.45) is 0 Å². The molecule has 0 atom stereocenters. The SMILES string of the molecule is Cc1ccc(OCC(=O)N(C)c2ccc(-c3ccccc3)cc2)cc1. The number of likely N-dealkylation sites (N-methyl/N-ethyl adjacent to an activating group) is 1. The summed E-state index contributed by atoms with van der Waals surface area (Å²) in [4.78, 5) is 14.0. The van der Waals surface area contributed by atoms with Gasteiger partial charge in [-0.15, -0.1) is 0 Å². The van der Waals surface area contributed by atoms with E-state index in [1.165, 1.54) is 0 Å². The molecular formula is C22H21NO2. The van der Waals surface area contributed by atoms with Gasteiger partial charge in [0.15, 0.2) is 6.61 Å². The highest BCUT2D eigenvalue weighted by atomic mass is 16.5. The zero-order valence-corrected chi connectivity index (χ0v) is 14.5. The van der Waals surface area contributed by atoms with Crippen molar-refractivity contribution in [2.45, 2.75) is 6.92 Å². The lowest BCUT2D eigenvalue weighted by atomic mass is 10.1. The number of aryl methyl sites for hydroxylation is 1. The lowest BCUT2D eigenvalue weighted by Gasteiger charge is -2.18. The molecule has 0 saturated heterocycles. The standard InChI is InChI=1S/C22H21NO2/c1-17-8-14-21(15-9-17)25-16-22(24)23(2)20-12-10-19(11-13-20)18-6-4-3-5-7-18/h3-15H,16H2,1-2H3. The van der Waals surface area contributed by atoms with E-state index in [1.807, 2.05) is 73.7 Å². The Morgan fingerprint density at radius 2 is 1.44 bits per heavy atom. The fraction of sp³-hybridized carbons (Fsp3) is 0.136. The van der Waals surface area contributed by atoms with Gasteiger partial charge in [0.25, 0.3) is 5.91 Å². The highest BCUT2D eigenvalue weighted by Gasteiger charge is 2.12. The molecule has 0 aliphatic carbocycles. The lowest BCUT2D eigenvalue weighted by Crippen LogP contribution is -2.31. The van der Waals surface area contributed by atoms with Crippen LogP contribution in [0.5, 0.6) is 5.75 Å². The molecule has 3 aromatic rings. The van der Waals surface area contributed by atoms with Crippen molar-refractivity contribution in [3.05, 3.63) is 84.4 Å². The number of ether oxygens (including phenoxy) is 1. The van der Waals surface area contributed by atoms with Crippen LogP contribution in [0.25, 0.3) is 11.1 Å². The molecule has 0 fully saturated rings. The van der Waals surface area contributed by atoms with Crippen LogP contribution in [0, 0.1) is 6.92 Å². The van der Waals surface area contributed by atoms with E-state index >= 15 is 0 Å². The molecule has 0 bridgehead atoms. The summed E-state index contributed by atoms with van der Waals surface area (Å²) in [5, 5.41) is 0. The van der Waals surface area contributed by atoms with Crippen LogP contribution in [-0.2, 0) is 4.79 Å². The number of amides is 1. The van der Waals surface area contributed by atoms with Crippen LogP contribution in [0.1, 0.15) is 5.56 Å². The number of hydrogen-bond donors (Lipinski definition) is 0. The Labute approximate surface area is 148 Å². The third-order valence-corrected chi connectivity index (χ3v) is 4.12. The first kappa shape index (κ1) is 16.8. The monoisotopic (exact) mass is 331 g/mol. The molecule has 126 valence electrons. The molecule has 0 spiro atoms. The first-order chi connectivity index (χ1) is 12.1. The molecule has 0 unspecified atom stereocenters. The molecular weight excluding hydrogens is 310 g/mol. The van der Waals surface area contributed by atoms with Gasteiger partial charge >= 0.3 is 0 Å². The van der Waals surface area contributed by atoms with E-state index in [1.54, 1.807) is 11.9 Å². The maximum atomic E-state index is 12.3. The van der Waals surface area contributed by atoms with Crippen LogP contribution in [0.2, 0.25) is 0 Å². The van der Waals surface area contributed by atoms with E-state index in [0.29, 0.717) is 5.75 Å². The molecule has 3 nitrogen and oxygen atoms in total. The molecule has 0 aliphatic rings. The van der Waals surface area contributed by atoms with Crippen LogP contribution in [0.4, 0.5) is 5.69 Å². The van der Waals surface area contributed by atoms with E-state index in [0.717, 1.165) is 22.4 Å². The predicted octanol–water partition coefficient (Wildman–Crippen LogP) is 4.70. The average Bonchev–Trinajstić information content (AvgIpc) is 2.67. The minimum absolute atomic E-state index is 0.0139. The Hall–Kier alpha value is -3.07. The summed E-state index contributed by atoms with van der Waals surface area (Å²) in [6, 6.07) is 25.8. The van der Waals surface area contributed by atoms with E-state index in [9.17, 15) is 4.79 Å². The minimum atomic E-state index is -0.0898. The summed E-state index contributed by atoms with van der Waals surface area (Å²) in [7, 11) is 1.76. The fourth-order valence-electron chi connectivity index (χ4n) is 2.53. The number of benzene rings is 3. The van der Waals surface area contributed by atoms with Gasteiger partial charge < -0.3 is 9.64 Å². The van der Waals surface area contributed by atoms with E-state index in [2.05, 4.69) is 12.1 Å². The number of rotatable bonds is 5. The van der Waals surface area contributed by atoms with Crippen LogP contribution < -0.4 is 9.64 Å². The quantitative estimate of drug-likeness (QED) is 0.678. The van der Waals surface area contributed by atoms with Crippen molar-refractivity contribution in [1.82, 2.24) is 0 Å². The first-order valence-electron chi connectivity index (χ1n) is 8.25. The van der Waals surface area contributed by atoms with Gasteiger partial charge in [-0.3, -0.25) is 4.79 Å². The molecule has 3 rings (SSSR count). The Morgan fingerprint density at radius 1 is 0.840 bits per heavy atom. The molecule has 3 heteroatoms. The predicted molar refractivity (Wildman–Crippen MR) is 102 cm³/mol. The maximum absolute atomic E-state index is 12.3. The van der Waals surface area contributed by atoms with Gasteiger partial charge in [0.1, 0.15) is 5.75 Å². The molecule has 0 aliphatic heterocycles. The number of hydrogen-bond acceptors (Lipinski definition) is 2. The highest BCUT2D eigenvalue weighted by molar-refractivity contribution is 5.94. The number of nitrogens with zero attached hydrogens (tertiary/aromatic N) is 1. The molecule has 0 aromatic heterocycles. The lowest BCUT2D eigenvalue weighted by molar-refractivity contribution is -0.120. The van der Waals surface area contributed by atoms with Crippen LogP contribution in [0.15, 0.2) is 78.9 Å². The van der Waals surface area contributed by atoms with Crippen LogP contribution in [0.3, 0.4) is 0 Å². The first-order valence-corrected chi connectivity index (χ1v) is 8.25. The zero-order valence-electron chi connectivity index (χ0n) is 14.5. The Kier molecular flexibility index (Phi) is 5.14. The zero-order chi connectivity index (χ0) is 17.6. The van der Waals surface area contributed by atoms with E-state index < -0.39 is 0 Å². The minimum Gasteiger partial charge on any atom is -0.484 e. The number of carbonyl (C=O) groups is 1. The van der Waals surface area contributed by atoms with Gasteiger partial charge in [-0.1, -0.05) is 60.2 Å². The van der Waals surface area contributed by atoms with Crippen molar-refractivity contribution < 1.29 is 9.53 Å². The molecule has 0 N–H and O–H groups in total. The molecule has 25 heavy (non-hydrogen) atoms. The summed E-state index contributed by atoms with van der Waals surface area (Å²) in [5.41, 5.74) is 4.29. The maximum Gasteiger partial charge on any atom is 0.264 e. The smallest absolute Gasteiger partial charge is 0.264 e. The molecule has 3 aromatic carbocycles. The summed E-state index contributed by atoms with van der Waals surface area (Å²) < 4.78 is 5.57. The van der Waals surface area contributed by atoms with Gasteiger partial charge in [-0.2, -0.15) is 0 Å². The topological polar surface area (TPSA) is 29.5 Å². The largest absolute Gasteiger partial charge is 0.484 e. The normalized spacial score (nSPS) is 10.3. The number of carbonyl (C=O) groups excluding carboxylic acids is 1. The van der Waals surface area contributed by atoms with Crippen molar-refractivity contribution in [3.63, 3.8) is 0 Å². The van der Waals surface area contributed by atoms with Crippen molar-refractivity contribution in [2.75, 3.05) is 18.6 Å². The van der Waals surface area contributed by atoms with Crippen molar-refractivity contribution in [1.29, 1.82) is 0 Å². The molecule has 0 heterocycles. The average molecular weight is 331 g/mol. The summed E-state index contributed by atoms with van der Waals surface area (Å²) >= 11 is 0. The number of anilines is 1. The molecule has 1 amide bonds. The summed E-state index contributed by atoms with van der Waals surface area (Å²) in [6.45, 7) is 2.03. The van der Waals surface area contributed by atoms with Gasteiger partial charge in [0.2, 0.25) is 0 Å². The second kappa shape index (κ2) is 7.67. The Bertz CT molecular complexity index is 824. The van der Waals surface area contributed by atoms with Crippen molar-refractivity contribution in [3.8, 4) is 16.9 Å². The van der Waals surface area contributed by atoms with Crippen molar-refractivity contribution >= 4 is 11.6 Å². The van der Waals surface area contributed by atoms with E-state index in [-0.39, 0.29) is 12.5 Å². The van der Waals surface area contributed by atoms with Gasteiger partial charge in [-0.05, 0) is 42.3 Å². The van der Waals surface area contributed by atoms with Gasteiger partial charge in [0, 0.05) is 12.7 Å². The van der Waals surface area contributed by atoms with E-state index in [4.69, 9.17) is 4.74 Å². The highest BCUT2D eigenvalue weighted by Crippen LogP contribution is 2.22. The van der Waals surface area contributed by atoms with Crippen LogP contribution >= 0.6 is 0 Å². The van der Waals surface area contributed by atoms with Gasteiger partial charge in [-0.25, -0.2) is 0 Å². The Morgan fingerprint density at radius 3 is 2.08 bits per heavy atom. The summed E-state index contributed by atoms with van der Waals surface area (Å²) in [5.74, 6) is 0.611. The molecule has 0 saturated carbocycles. The van der Waals surface area contributed by atoms with Crippen LogP contribution in [-0.4, -0.2) is 19.6 Å². The second-order valence-corrected chi connectivity index (χ2v) is 5.97. The fourth-order valence-corrected chi connectivity index (χ4v) is 2.53. The van der Waals surface area contributed by atoms with Gasteiger partial charge in [0.05, 0.1) is 0 Å².